The highest BCUT2D eigenvalue weighted by Crippen LogP contribution is 2.65. The van der Waals surface area contributed by atoms with Crippen molar-refractivity contribution in [3.05, 3.63) is 53.6 Å². The Hall–Kier alpha value is -2.13. The Bertz CT molecular complexity index is 1340. The number of aromatic hydroxyl groups is 1. The molecule has 1 aliphatic heterocycles. The molecule has 0 unspecified atom stereocenters. The van der Waals surface area contributed by atoms with Crippen LogP contribution in [0.5, 0.6) is 11.5 Å². The van der Waals surface area contributed by atoms with Gasteiger partial charge in [-0.1, -0.05) is 90.4 Å². The Labute approximate surface area is 220 Å². The van der Waals surface area contributed by atoms with Crippen molar-refractivity contribution in [1.82, 2.24) is 0 Å². The van der Waals surface area contributed by atoms with Gasteiger partial charge in [-0.3, -0.25) is 0 Å². The third-order valence-electron chi connectivity index (χ3n) is 8.78. The molecule has 0 radical (unpaired) electrons. The van der Waals surface area contributed by atoms with Gasteiger partial charge in [-0.05, 0) is 88.8 Å². The summed E-state index contributed by atoms with van der Waals surface area (Å²) in [5.41, 5.74) is 5.84. The smallest absolute Gasteiger partial charge is 0.159 e. The number of rotatable bonds is 4. The number of thioether (sulfide) groups is 1. The Kier molecular flexibility index (Phi) is 5.34. The molecule has 2 aliphatic carbocycles. The van der Waals surface area contributed by atoms with Gasteiger partial charge in [0.05, 0.1) is 4.90 Å². The fraction of sp³-hybridized carbons (Fsp3) is 0.515. The number of phenolic OH excluding ortho intramolecular Hbond substituents is 1. The second-order valence-electron chi connectivity index (χ2n) is 13.3. The summed E-state index contributed by atoms with van der Waals surface area (Å²) in [6.45, 7) is 14.2. The van der Waals surface area contributed by atoms with Crippen LogP contribution < -0.4 is 4.74 Å². The van der Waals surface area contributed by atoms with Crippen molar-refractivity contribution >= 4 is 22.5 Å². The lowest BCUT2D eigenvalue weighted by atomic mass is 9.52. The van der Waals surface area contributed by atoms with E-state index in [1.807, 2.05) is 11.8 Å². The van der Waals surface area contributed by atoms with Crippen LogP contribution in [-0.2, 0) is 5.41 Å². The summed E-state index contributed by atoms with van der Waals surface area (Å²) >= 11 is 1.90. The SMILES string of the molecule is CCCC1(CCC)Oc2cc3c(O)cc4c(c3cc2S1)-c1ccccc1C41CC(C)(C)CC(C)(C)C1. The first kappa shape index (κ1) is 24.2. The summed E-state index contributed by atoms with van der Waals surface area (Å²) < 4.78 is 6.64. The maximum Gasteiger partial charge on any atom is 0.159 e. The van der Waals surface area contributed by atoms with E-state index < -0.39 is 0 Å². The number of phenols is 1. The van der Waals surface area contributed by atoms with E-state index >= 15 is 0 Å². The second-order valence-corrected chi connectivity index (χ2v) is 14.7. The molecule has 36 heavy (non-hydrogen) atoms. The van der Waals surface area contributed by atoms with Gasteiger partial charge >= 0.3 is 0 Å². The normalized spacial score (nSPS) is 21.7. The predicted octanol–water partition coefficient (Wildman–Crippen LogP) is 9.83. The summed E-state index contributed by atoms with van der Waals surface area (Å²) in [6, 6.07) is 15.6. The molecule has 190 valence electrons. The molecule has 3 aromatic rings. The van der Waals surface area contributed by atoms with Crippen LogP contribution in [0.1, 0.15) is 97.6 Å². The molecule has 0 bridgehead atoms. The number of ether oxygens (including phenoxy) is 1. The van der Waals surface area contributed by atoms with E-state index in [2.05, 4.69) is 84.0 Å². The van der Waals surface area contributed by atoms with Crippen molar-refractivity contribution < 1.29 is 9.84 Å². The average Bonchev–Trinajstić information content (AvgIpc) is 3.24. The van der Waals surface area contributed by atoms with Gasteiger partial charge in [0.15, 0.2) is 4.93 Å². The molecule has 3 aromatic carbocycles. The van der Waals surface area contributed by atoms with Crippen molar-refractivity contribution in [2.24, 2.45) is 10.8 Å². The molecule has 0 aromatic heterocycles. The Morgan fingerprint density at radius 1 is 0.833 bits per heavy atom. The summed E-state index contributed by atoms with van der Waals surface area (Å²) in [5.74, 6) is 1.32. The molecule has 1 heterocycles. The zero-order chi connectivity index (χ0) is 25.5. The van der Waals surface area contributed by atoms with E-state index in [0.29, 0.717) is 5.75 Å². The van der Waals surface area contributed by atoms with Crippen molar-refractivity contribution in [1.29, 1.82) is 0 Å². The van der Waals surface area contributed by atoms with Crippen LogP contribution in [0.4, 0.5) is 0 Å². The summed E-state index contributed by atoms with van der Waals surface area (Å²) in [6.07, 6.45) is 7.71. The fourth-order valence-electron chi connectivity index (χ4n) is 8.51. The molecule has 2 nitrogen and oxygen atoms in total. The highest BCUT2D eigenvalue weighted by atomic mass is 32.2. The van der Waals surface area contributed by atoms with Crippen LogP contribution in [0, 0.1) is 10.8 Å². The maximum atomic E-state index is 11.5. The van der Waals surface area contributed by atoms with Gasteiger partial charge in [0.25, 0.3) is 0 Å². The highest BCUT2D eigenvalue weighted by Gasteiger charge is 2.53. The quantitative estimate of drug-likeness (QED) is 0.386. The predicted molar refractivity (Wildman–Crippen MR) is 152 cm³/mol. The molecule has 1 fully saturated rings. The summed E-state index contributed by atoms with van der Waals surface area (Å²) in [7, 11) is 0. The number of fused-ring (bicyclic) bond motifs is 8. The highest BCUT2D eigenvalue weighted by molar-refractivity contribution is 8.00. The molecule has 0 amide bonds. The van der Waals surface area contributed by atoms with Gasteiger partial charge in [-0.15, -0.1) is 0 Å². The van der Waals surface area contributed by atoms with Crippen molar-refractivity contribution in [2.45, 2.75) is 102 Å². The van der Waals surface area contributed by atoms with Crippen LogP contribution in [-0.4, -0.2) is 10.0 Å². The van der Waals surface area contributed by atoms with Gasteiger partial charge in [0, 0.05) is 10.8 Å². The van der Waals surface area contributed by atoms with Crippen molar-refractivity contribution in [2.75, 3.05) is 0 Å². The lowest BCUT2D eigenvalue weighted by Gasteiger charge is -2.51. The molecule has 3 heteroatoms. The third-order valence-corrected chi connectivity index (χ3v) is 10.2. The molecule has 1 saturated carbocycles. The van der Waals surface area contributed by atoms with E-state index in [1.54, 1.807) is 0 Å². The molecular formula is C33H40O2S. The molecule has 1 spiro atoms. The van der Waals surface area contributed by atoms with Gasteiger partial charge < -0.3 is 9.84 Å². The first-order valence-electron chi connectivity index (χ1n) is 13.8. The van der Waals surface area contributed by atoms with E-state index in [9.17, 15) is 5.11 Å². The Morgan fingerprint density at radius 2 is 1.50 bits per heavy atom. The van der Waals surface area contributed by atoms with Crippen LogP contribution in [0.25, 0.3) is 21.9 Å². The third kappa shape index (κ3) is 3.52. The van der Waals surface area contributed by atoms with Gasteiger partial charge in [-0.25, -0.2) is 0 Å². The molecule has 0 saturated heterocycles. The molecule has 1 N–H and O–H groups in total. The second kappa shape index (κ2) is 7.93. The molecule has 0 atom stereocenters. The minimum atomic E-state index is -0.182. The Morgan fingerprint density at radius 3 is 2.17 bits per heavy atom. The van der Waals surface area contributed by atoms with Crippen LogP contribution in [0.15, 0.2) is 47.4 Å². The van der Waals surface area contributed by atoms with Gasteiger partial charge in [0.1, 0.15) is 11.5 Å². The summed E-state index contributed by atoms with van der Waals surface area (Å²) in [5, 5.41) is 13.6. The monoisotopic (exact) mass is 500 g/mol. The van der Waals surface area contributed by atoms with Crippen molar-refractivity contribution in [3.8, 4) is 22.6 Å². The first-order chi connectivity index (χ1) is 17.0. The molecule has 6 rings (SSSR count). The van der Waals surface area contributed by atoms with Crippen LogP contribution in [0.3, 0.4) is 0 Å². The first-order valence-corrected chi connectivity index (χ1v) is 14.7. The average molecular weight is 501 g/mol. The van der Waals surface area contributed by atoms with Crippen LogP contribution >= 0.6 is 11.8 Å². The Balaban J connectivity index is 1.61. The van der Waals surface area contributed by atoms with Gasteiger partial charge in [0.2, 0.25) is 0 Å². The molecule has 3 aliphatic rings. The minimum Gasteiger partial charge on any atom is -0.507 e. The maximum absolute atomic E-state index is 11.5. The number of hydrogen-bond donors (Lipinski definition) is 1. The largest absolute Gasteiger partial charge is 0.507 e. The molecular weight excluding hydrogens is 460 g/mol. The van der Waals surface area contributed by atoms with E-state index in [4.69, 9.17) is 4.74 Å². The topological polar surface area (TPSA) is 29.5 Å². The van der Waals surface area contributed by atoms with Gasteiger partial charge in [-0.2, -0.15) is 0 Å². The van der Waals surface area contributed by atoms with E-state index in [1.165, 1.54) is 39.0 Å². The van der Waals surface area contributed by atoms with E-state index in [0.717, 1.165) is 49.7 Å². The lowest BCUT2D eigenvalue weighted by molar-refractivity contribution is 0.0645. The number of benzene rings is 3. The fourth-order valence-corrected chi connectivity index (χ4v) is 10.0. The zero-order valence-electron chi connectivity index (χ0n) is 22.8. The van der Waals surface area contributed by atoms with Crippen molar-refractivity contribution in [3.63, 3.8) is 0 Å². The van der Waals surface area contributed by atoms with E-state index in [-0.39, 0.29) is 21.2 Å². The minimum absolute atomic E-state index is 0.0698. The summed E-state index contributed by atoms with van der Waals surface area (Å²) in [4.78, 5) is 1.04. The standard InChI is InChI=1S/C33H40O2S/c1-7-13-33(14-8-2)35-27-15-22-23(16-28(27)36-33)29-21-11-9-10-12-24(21)32(25(29)17-26(22)34)19-30(3,4)18-31(5,6)20-32/h9-12,15-17,34H,7-8,13-14,18-20H2,1-6H3. The number of hydrogen-bond acceptors (Lipinski definition) is 3. The van der Waals surface area contributed by atoms with Crippen LogP contribution in [0.2, 0.25) is 0 Å². The zero-order valence-corrected chi connectivity index (χ0v) is 23.6. The lowest BCUT2D eigenvalue weighted by Crippen LogP contribution is -2.43.